The van der Waals surface area contributed by atoms with Gasteiger partial charge in [0.15, 0.2) is 0 Å². The summed E-state index contributed by atoms with van der Waals surface area (Å²) in [7, 11) is 0. The zero-order valence-electron chi connectivity index (χ0n) is 14.8. The van der Waals surface area contributed by atoms with E-state index < -0.39 is 5.60 Å². The fraction of sp³-hybridized carbons (Fsp3) is 0.208. The van der Waals surface area contributed by atoms with Crippen molar-refractivity contribution in [1.82, 2.24) is 0 Å². The highest BCUT2D eigenvalue weighted by molar-refractivity contribution is 6.16. The van der Waals surface area contributed by atoms with E-state index in [0.717, 1.165) is 11.6 Å². The molecule has 3 nitrogen and oxygen atoms in total. The minimum atomic E-state index is -0.405. The quantitative estimate of drug-likeness (QED) is 0.835. The zero-order chi connectivity index (χ0) is 18.2. The smallest absolute Gasteiger partial charge is 0.249 e. The molecule has 1 aromatic rings. The van der Waals surface area contributed by atoms with Crippen molar-refractivity contribution in [3.05, 3.63) is 88.4 Å². The molecule has 3 unspecified atom stereocenters. The maximum absolute atomic E-state index is 11.8. The van der Waals surface area contributed by atoms with Crippen LogP contribution >= 0.6 is 0 Å². The Kier molecular flexibility index (Phi) is 2.74. The first-order chi connectivity index (χ1) is 13.1. The minimum absolute atomic E-state index is 0.0377. The lowest BCUT2D eigenvalue weighted by molar-refractivity contribution is -0.112. The van der Waals surface area contributed by atoms with Gasteiger partial charge in [0.1, 0.15) is 5.60 Å². The van der Waals surface area contributed by atoms with E-state index >= 15 is 0 Å². The molecular formula is C24H19NO2. The van der Waals surface area contributed by atoms with E-state index in [1.807, 2.05) is 18.2 Å². The summed E-state index contributed by atoms with van der Waals surface area (Å²) in [4.78, 5) is 11.8. The molecular weight excluding hydrogens is 334 g/mol. The van der Waals surface area contributed by atoms with Gasteiger partial charge in [0, 0.05) is 16.9 Å². The highest BCUT2D eigenvalue weighted by Crippen LogP contribution is 2.57. The number of carbonyl (C=O) groups excluding carboxylic acids is 1. The number of rotatable bonds is 1. The van der Waals surface area contributed by atoms with E-state index in [4.69, 9.17) is 10.5 Å². The lowest BCUT2D eigenvalue weighted by atomic mass is 9.61. The first-order valence-corrected chi connectivity index (χ1v) is 9.40. The van der Waals surface area contributed by atoms with Gasteiger partial charge in [0.2, 0.25) is 5.91 Å². The molecule has 4 aliphatic carbocycles. The van der Waals surface area contributed by atoms with Crippen molar-refractivity contribution in [2.45, 2.75) is 12.0 Å². The second kappa shape index (κ2) is 4.87. The lowest BCUT2D eigenvalue weighted by Crippen LogP contribution is -2.45. The number of nitrogens with two attached hydrogens (primary N) is 1. The average Bonchev–Trinajstić information content (AvgIpc) is 2.92. The van der Waals surface area contributed by atoms with Gasteiger partial charge < -0.3 is 10.5 Å². The fourth-order valence-corrected chi connectivity index (χ4v) is 5.44. The van der Waals surface area contributed by atoms with Crippen LogP contribution in [0, 0.1) is 11.3 Å². The van der Waals surface area contributed by atoms with Crippen molar-refractivity contribution in [3.8, 4) is 0 Å². The summed E-state index contributed by atoms with van der Waals surface area (Å²) < 4.78 is 6.48. The van der Waals surface area contributed by atoms with Crippen LogP contribution in [0.2, 0.25) is 0 Å². The fourth-order valence-electron chi connectivity index (χ4n) is 5.44. The predicted octanol–water partition coefficient (Wildman–Crippen LogP) is 1.68. The van der Waals surface area contributed by atoms with Crippen LogP contribution in [-0.2, 0) is 16.0 Å². The molecule has 1 aromatic carbocycles. The molecule has 1 saturated heterocycles. The number of hydrogen-bond acceptors (Lipinski definition) is 2. The molecule has 1 amide bonds. The SMILES string of the molecule is NC(=O)C1=c2ccc3c(c2CC=C1)C=CC12OCC4(C=CC=CC41)C=CC=32. The first kappa shape index (κ1) is 15.2. The number of allylic oxidation sites excluding steroid dienone is 3. The summed E-state index contributed by atoms with van der Waals surface area (Å²) in [5.41, 5.74) is 9.31. The number of hydrogen-bond donors (Lipinski definition) is 1. The van der Waals surface area contributed by atoms with E-state index in [9.17, 15) is 4.79 Å². The topological polar surface area (TPSA) is 52.3 Å². The maximum Gasteiger partial charge on any atom is 0.249 e. The van der Waals surface area contributed by atoms with Crippen molar-refractivity contribution in [2.24, 2.45) is 17.1 Å². The summed E-state index contributed by atoms with van der Waals surface area (Å²) in [6, 6.07) is 4.16. The van der Waals surface area contributed by atoms with Gasteiger partial charge in [0.05, 0.1) is 6.61 Å². The van der Waals surface area contributed by atoms with E-state index in [1.54, 1.807) is 0 Å². The van der Waals surface area contributed by atoms with Crippen LogP contribution in [-0.4, -0.2) is 18.1 Å². The first-order valence-electron chi connectivity index (χ1n) is 9.40. The van der Waals surface area contributed by atoms with E-state index in [-0.39, 0.29) is 17.2 Å². The number of benzene rings is 1. The third-order valence-corrected chi connectivity index (χ3v) is 6.71. The van der Waals surface area contributed by atoms with Crippen LogP contribution < -0.4 is 16.2 Å². The molecule has 1 aliphatic heterocycles. The standard InChI is InChI=1S/C24H19NO2/c25-22(26)19-5-3-4-15-16(19)7-8-18-17(15)9-13-24-20(18)10-12-23(14-27-24)11-2-1-6-21(23)24/h1-3,5-13,21H,4,14H2,(H2,25,26). The molecule has 0 aromatic heterocycles. The highest BCUT2D eigenvalue weighted by Gasteiger charge is 2.58. The van der Waals surface area contributed by atoms with Crippen molar-refractivity contribution >= 4 is 23.1 Å². The molecule has 0 saturated carbocycles. The van der Waals surface area contributed by atoms with Gasteiger partial charge in [-0.1, -0.05) is 66.8 Å². The number of fused-ring (bicyclic) bond motifs is 3. The summed E-state index contributed by atoms with van der Waals surface area (Å²) >= 11 is 0. The number of amides is 1. The minimum Gasteiger partial charge on any atom is -0.366 e. The van der Waals surface area contributed by atoms with Gasteiger partial charge in [-0.25, -0.2) is 0 Å². The average molecular weight is 353 g/mol. The Labute approximate surface area is 157 Å². The highest BCUT2D eigenvalue weighted by atomic mass is 16.5. The second-order valence-corrected chi connectivity index (χ2v) is 7.93. The molecule has 1 spiro atoms. The van der Waals surface area contributed by atoms with Gasteiger partial charge in [-0.05, 0) is 39.6 Å². The molecule has 6 rings (SSSR count). The Morgan fingerprint density at radius 3 is 2.85 bits per heavy atom. The van der Waals surface area contributed by atoms with Gasteiger partial charge in [-0.15, -0.1) is 0 Å². The van der Waals surface area contributed by atoms with Gasteiger partial charge in [-0.2, -0.15) is 0 Å². The molecule has 1 heterocycles. The van der Waals surface area contributed by atoms with E-state index in [2.05, 4.69) is 54.7 Å². The molecule has 1 fully saturated rings. The van der Waals surface area contributed by atoms with Crippen LogP contribution in [0.3, 0.4) is 0 Å². The molecule has 2 bridgehead atoms. The number of primary amides is 1. The Balaban J connectivity index is 1.69. The van der Waals surface area contributed by atoms with Crippen molar-refractivity contribution in [1.29, 1.82) is 0 Å². The largest absolute Gasteiger partial charge is 0.366 e. The number of ether oxygens (including phenoxy) is 1. The summed E-state index contributed by atoms with van der Waals surface area (Å²) in [6.45, 7) is 0.700. The summed E-state index contributed by atoms with van der Waals surface area (Å²) in [5.74, 6) is -0.0975. The van der Waals surface area contributed by atoms with Crippen molar-refractivity contribution in [3.63, 3.8) is 0 Å². The Morgan fingerprint density at radius 1 is 1.07 bits per heavy atom. The van der Waals surface area contributed by atoms with Crippen molar-refractivity contribution in [2.75, 3.05) is 6.61 Å². The van der Waals surface area contributed by atoms with Crippen LogP contribution in [0.4, 0.5) is 0 Å². The number of carbonyl (C=O) groups is 1. The molecule has 3 atom stereocenters. The molecule has 5 aliphatic rings. The Bertz CT molecular complexity index is 1190. The van der Waals surface area contributed by atoms with Crippen LogP contribution in [0.15, 0.2) is 66.8 Å². The molecule has 2 N–H and O–H groups in total. The predicted molar refractivity (Wildman–Crippen MR) is 106 cm³/mol. The molecule has 0 radical (unpaired) electrons. The third kappa shape index (κ3) is 1.73. The van der Waals surface area contributed by atoms with Crippen LogP contribution in [0.5, 0.6) is 0 Å². The Hall–Kier alpha value is -2.91. The van der Waals surface area contributed by atoms with E-state index in [1.165, 1.54) is 21.9 Å². The normalized spacial score (nSPS) is 33.6. The molecule has 3 heteroatoms. The van der Waals surface area contributed by atoms with E-state index in [0.29, 0.717) is 12.2 Å². The van der Waals surface area contributed by atoms with Crippen LogP contribution in [0.25, 0.3) is 17.2 Å². The monoisotopic (exact) mass is 353 g/mol. The van der Waals surface area contributed by atoms with Gasteiger partial charge in [0.25, 0.3) is 0 Å². The molecule has 27 heavy (non-hydrogen) atoms. The second-order valence-electron chi connectivity index (χ2n) is 7.93. The summed E-state index contributed by atoms with van der Waals surface area (Å²) in [6.07, 6.45) is 22.5. The van der Waals surface area contributed by atoms with Gasteiger partial charge in [-0.3, -0.25) is 4.79 Å². The van der Waals surface area contributed by atoms with Gasteiger partial charge >= 0.3 is 0 Å². The lowest BCUT2D eigenvalue weighted by Gasteiger charge is -2.42. The maximum atomic E-state index is 11.8. The zero-order valence-corrected chi connectivity index (χ0v) is 14.8. The van der Waals surface area contributed by atoms with Crippen molar-refractivity contribution < 1.29 is 9.53 Å². The molecule has 132 valence electrons. The summed E-state index contributed by atoms with van der Waals surface area (Å²) in [5, 5.41) is 2.15. The third-order valence-electron chi connectivity index (χ3n) is 6.71. The Morgan fingerprint density at radius 2 is 1.96 bits per heavy atom. The van der Waals surface area contributed by atoms with Crippen LogP contribution in [0.1, 0.15) is 11.1 Å².